The van der Waals surface area contributed by atoms with Crippen molar-refractivity contribution in [3.63, 3.8) is 0 Å². The molecule has 3 aromatic carbocycles. The van der Waals surface area contributed by atoms with Gasteiger partial charge in [-0.1, -0.05) is 110 Å². The molecule has 0 saturated heterocycles. The van der Waals surface area contributed by atoms with Gasteiger partial charge in [0.25, 0.3) is 5.91 Å². The van der Waals surface area contributed by atoms with Crippen molar-refractivity contribution in [2.45, 2.75) is 54.1 Å². The third-order valence-electron chi connectivity index (χ3n) is 9.94. The molecule has 1 aliphatic carbocycles. The molecule has 1 heterocycles. The maximum atomic E-state index is 12.9. The Morgan fingerprint density at radius 1 is 0.898 bits per heavy atom. The second-order valence-corrected chi connectivity index (χ2v) is 15.0. The minimum Gasteiger partial charge on any atom is -0.478 e. The molecule has 11 heteroatoms. The first kappa shape index (κ1) is 44.2. The number of nitrogens with zero attached hydrogens (tertiary/aromatic N) is 1. The van der Waals surface area contributed by atoms with Gasteiger partial charge in [-0.2, -0.15) is 0 Å². The van der Waals surface area contributed by atoms with Gasteiger partial charge in [-0.15, -0.1) is 0 Å². The first-order valence-electron chi connectivity index (χ1n) is 19.8. The number of carboxylic acids is 1. The Kier molecular flexibility index (Phi) is 16.3. The van der Waals surface area contributed by atoms with Crippen molar-refractivity contribution in [3.8, 4) is 11.3 Å². The minimum atomic E-state index is -0.969. The number of fused-ring (bicyclic) bond motifs is 3. The fourth-order valence-corrected chi connectivity index (χ4v) is 6.65. The molecule has 310 valence electrons. The number of hydrogen-bond donors (Lipinski definition) is 2. The SMILES string of the molecule is CC(C=CC1=C(C)C(=NOCC(=O)NCCOCCOCCOCc2ccc(-c3cc(=O)c4ccc5ccccc5c4o3)cc2)CCC1(C)C)=CC=CC(C)=CC(=O)O. The van der Waals surface area contributed by atoms with E-state index in [0.717, 1.165) is 63.2 Å². The summed E-state index contributed by atoms with van der Waals surface area (Å²) in [5, 5.41) is 18.4. The quantitative estimate of drug-likeness (QED) is 0.0294. The number of hydrogen-bond acceptors (Lipinski definition) is 9. The lowest BCUT2D eigenvalue weighted by Crippen LogP contribution is -2.30. The van der Waals surface area contributed by atoms with E-state index in [-0.39, 0.29) is 23.4 Å². The summed E-state index contributed by atoms with van der Waals surface area (Å²) in [6, 6.07) is 20.9. The average Bonchev–Trinajstić information content (AvgIpc) is 3.20. The molecule has 0 aliphatic heterocycles. The van der Waals surface area contributed by atoms with Gasteiger partial charge in [0.1, 0.15) is 11.3 Å². The lowest BCUT2D eigenvalue weighted by Gasteiger charge is -2.33. The Morgan fingerprint density at radius 2 is 1.63 bits per heavy atom. The number of carboxylic acid groups (broad SMARTS) is 1. The summed E-state index contributed by atoms with van der Waals surface area (Å²) >= 11 is 0. The van der Waals surface area contributed by atoms with Gasteiger partial charge in [0.15, 0.2) is 12.0 Å². The fourth-order valence-electron chi connectivity index (χ4n) is 6.65. The Balaban J connectivity index is 0.934. The number of rotatable bonds is 20. The average molecular weight is 803 g/mol. The predicted octanol–water partition coefficient (Wildman–Crippen LogP) is 8.88. The highest BCUT2D eigenvalue weighted by atomic mass is 16.6. The molecule has 1 aliphatic rings. The van der Waals surface area contributed by atoms with Gasteiger partial charge < -0.3 is 33.9 Å². The van der Waals surface area contributed by atoms with Gasteiger partial charge >= 0.3 is 5.97 Å². The second-order valence-electron chi connectivity index (χ2n) is 15.0. The molecule has 0 bridgehead atoms. The molecular weight excluding hydrogens is 749 g/mol. The predicted molar refractivity (Wildman–Crippen MR) is 232 cm³/mol. The number of ether oxygens (including phenoxy) is 3. The van der Waals surface area contributed by atoms with Gasteiger partial charge in [0.2, 0.25) is 0 Å². The number of allylic oxidation sites excluding steroid dienone is 9. The van der Waals surface area contributed by atoms with Crippen molar-refractivity contribution in [1.82, 2.24) is 5.32 Å². The molecule has 0 fully saturated rings. The van der Waals surface area contributed by atoms with Crippen LogP contribution >= 0.6 is 0 Å². The third-order valence-corrected chi connectivity index (χ3v) is 9.94. The number of nitrogens with one attached hydrogen (secondary N) is 1. The maximum Gasteiger partial charge on any atom is 0.328 e. The lowest BCUT2D eigenvalue weighted by atomic mass is 9.72. The van der Waals surface area contributed by atoms with Gasteiger partial charge in [-0.3, -0.25) is 9.59 Å². The second kappa shape index (κ2) is 21.8. The van der Waals surface area contributed by atoms with Crippen molar-refractivity contribution in [2.24, 2.45) is 10.6 Å². The van der Waals surface area contributed by atoms with E-state index in [4.69, 9.17) is 28.6 Å². The first-order valence-corrected chi connectivity index (χ1v) is 19.8. The van der Waals surface area contributed by atoms with Crippen LogP contribution in [0, 0.1) is 5.41 Å². The third kappa shape index (κ3) is 13.3. The molecule has 59 heavy (non-hydrogen) atoms. The van der Waals surface area contributed by atoms with E-state index in [1.54, 1.807) is 13.0 Å². The number of benzene rings is 3. The van der Waals surface area contributed by atoms with Gasteiger partial charge in [0, 0.05) is 29.6 Å². The molecule has 5 rings (SSSR count). The van der Waals surface area contributed by atoms with E-state index < -0.39 is 5.97 Å². The molecule has 1 aromatic heterocycles. The molecule has 0 atom stereocenters. The summed E-state index contributed by atoms with van der Waals surface area (Å²) in [7, 11) is 0. The Hall–Kier alpha value is -5.88. The summed E-state index contributed by atoms with van der Waals surface area (Å²) in [4.78, 5) is 41.4. The Morgan fingerprint density at radius 3 is 2.39 bits per heavy atom. The van der Waals surface area contributed by atoms with Crippen LogP contribution in [0.2, 0.25) is 0 Å². The molecule has 0 unspecified atom stereocenters. The van der Waals surface area contributed by atoms with Crippen molar-refractivity contribution in [3.05, 3.63) is 141 Å². The smallest absolute Gasteiger partial charge is 0.328 e. The summed E-state index contributed by atoms with van der Waals surface area (Å²) < 4.78 is 23.2. The van der Waals surface area contributed by atoms with E-state index in [1.165, 1.54) is 6.07 Å². The van der Waals surface area contributed by atoms with E-state index in [0.29, 0.717) is 68.5 Å². The highest BCUT2D eigenvalue weighted by Crippen LogP contribution is 2.40. The van der Waals surface area contributed by atoms with Crippen LogP contribution in [0.1, 0.15) is 53.0 Å². The lowest BCUT2D eigenvalue weighted by molar-refractivity contribution is -0.131. The van der Waals surface area contributed by atoms with Crippen LogP contribution < -0.4 is 10.7 Å². The topological polar surface area (TPSA) is 146 Å². The van der Waals surface area contributed by atoms with Crippen LogP contribution in [-0.4, -0.2) is 68.9 Å². The van der Waals surface area contributed by atoms with Gasteiger partial charge in [-0.05, 0) is 72.8 Å². The van der Waals surface area contributed by atoms with Gasteiger partial charge in [0.05, 0.1) is 50.7 Å². The highest BCUT2D eigenvalue weighted by Gasteiger charge is 2.30. The van der Waals surface area contributed by atoms with Crippen molar-refractivity contribution < 1.29 is 38.2 Å². The van der Waals surface area contributed by atoms with Gasteiger partial charge in [-0.25, -0.2) is 4.79 Å². The summed E-state index contributed by atoms with van der Waals surface area (Å²) in [6.45, 7) is 12.7. The zero-order chi connectivity index (χ0) is 42.2. The van der Waals surface area contributed by atoms with E-state index in [2.05, 4.69) is 30.4 Å². The normalized spacial score (nSPS) is 15.6. The number of carbonyl (C=O) groups excluding carboxylic acids is 1. The molecule has 11 nitrogen and oxygen atoms in total. The minimum absolute atomic E-state index is 0.0538. The zero-order valence-corrected chi connectivity index (χ0v) is 34.5. The molecule has 1 amide bonds. The summed E-state index contributed by atoms with van der Waals surface area (Å²) in [5.41, 5.74) is 6.93. The number of oxime groups is 1. The fraction of sp³-hybridized carbons (Fsp3) is 0.333. The summed E-state index contributed by atoms with van der Waals surface area (Å²) in [6.07, 6.45) is 12.4. The zero-order valence-electron chi connectivity index (χ0n) is 34.5. The van der Waals surface area contributed by atoms with Crippen molar-refractivity contribution >= 4 is 39.3 Å². The van der Waals surface area contributed by atoms with Crippen LogP contribution in [0.3, 0.4) is 0 Å². The molecule has 0 saturated carbocycles. The number of amides is 1. The van der Waals surface area contributed by atoms with Crippen LogP contribution in [0.15, 0.2) is 140 Å². The molecule has 0 spiro atoms. The Labute approximate surface area is 345 Å². The number of carbonyl (C=O) groups is 2. The maximum absolute atomic E-state index is 12.9. The first-order chi connectivity index (χ1) is 28.4. The van der Waals surface area contributed by atoms with E-state index in [9.17, 15) is 14.4 Å². The van der Waals surface area contributed by atoms with Crippen molar-refractivity contribution in [2.75, 3.05) is 46.2 Å². The Bertz CT molecular complexity index is 2340. The largest absolute Gasteiger partial charge is 0.478 e. The standard InChI is InChI=1S/C48H54N2O9/c1-33(9-8-10-34(2)29-46(53)54)13-20-41-35(3)42(21-22-48(41,4)5)50-58-32-45(52)49-23-24-55-25-26-56-27-28-57-31-36-14-16-38(17-15-36)44-30-43(51)40-19-18-37-11-6-7-12-39(37)47(40)59-44/h6-20,29-30H,21-28,31-32H2,1-5H3,(H,49,52)(H,53,54). The van der Waals surface area contributed by atoms with Crippen LogP contribution in [0.25, 0.3) is 33.1 Å². The molecule has 2 N–H and O–H groups in total. The monoisotopic (exact) mass is 802 g/mol. The molecular formula is C48H54N2O9. The molecule has 0 radical (unpaired) electrons. The van der Waals surface area contributed by atoms with Crippen LogP contribution in [-0.2, 0) is 35.2 Å². The van der Waals surface area contributed by atoms with Crippen LogP contribution in [0.4, 0.5) is 0 Å². The van der Waals surface area contributed by atoms with E-state index >= 15 is 0 Å². The highest BCUT2D eigenvalue weighted by molar-refractivity contribution is 6.04. The summed E-state index contributed by atoms with van der Waals surface area (Å²) in [5.74, 6) is -0.730. The molecule has 4 aromatic rings. The number of aliphatic carboxylic acids is 1. The van der Waals surface area contributed by atoms with Crippen molar-refractivity contribution in [1.29, 1.82) is 0 Å². The van der Waals surface area contributed by atoms with E-state index in [1.807, 2.05) is 92.7 Å². The van der Waals surface area contributed by atoms with Crippen LogP contribution in [0.5, 0.6) is 0 Å².